The number of methoxy groups -OCH3 is 1. The number of quaternary nitrogens is 1. The third-order valence-electron chi connectivity index (χ3n) is 4.36. The van der Waals surface area contributed by atoms with Gasteiger partial charge in [-0.1, -0.05) is 6.07 Å². The number of barbiturate groups is 1. The number of urea groups is 1. The first-order valence-electron chi connectivity index (χ1n) is 8.68. The Morgan fingerprint density at radius 2 is 2.00 bits per heavy atom. The molecule has 1 aromatic rings. The van der Waals surface area contributed by atoms with Crippen molar-refractivity contribution in [1.82, 2.24) is 5.32 Å². The molecule has 0 bridgehead atoms. The zero-order valence-corrected chi connectivity index (χ0v) is 15.3. The molecule has 8 nitrogen and oxygen atoms in total. The first kappa shape index (κ1) is 19.6. The van der Waals surface area contributed by atoms with Crippen LogP contribution in [0.15, 0.2) is 29.3 Å². The number of carbonyl (C=O) groups is 3. The molecule has 0 aromatic heterocycles. The first-order chi connectivity index (χ1) is 12.5. The van der Waals surface area contributed by atoms with Crippen LogP contribution in [0.5, 0.6) is 5.75 Å². The molecule has 1 saturated heterocycles. The Bertz CT molecular complexity index is 700. The van der Waals surface area contributed by atoms with Crippen LogP contribution in [0.3, 0.4) is 0 Å². The van der Waals surface area contributed by atoms with Gasteiger partial charge in [-0.15, -0.1) is 0 Å². The van der Waals surface area contributed by atoms with Gasteiger partial charge in [-0.3, -0.25) is 19.9 Å². The van der Waals surface area contributed by atoms with Crippen LogP contribution in [0, 0.1) is 5.92 Å². The summed E-state index contributed by atoms with van der Waals surface area (Å²) in [6.07, 6.45) is 1.33. The van der Waals surface area contributed by atoms with E-state index in [1.165, 1.54) is 18.2 Å². The Kier molecular flexibility index (Phi) is 6.85. The van der Waals surface area contributed by atoms with Crippen LogP contribution in [0.2, 0.25) is 0 Å². The van der Waals surface area contributed by atoms with E-state index >= 15 is 0 Å². The second kappa shape index (κ2) is 9.10. The van der Waals surface area contributed by atoms with E-state index < -0.39 is 23.8 Å². The lowest BCUT2D eigenvalue weighted by Gasteiger charge is -2.28. The number of nitrogens with zero attached hydrogens (tertiary/aromatic N) is 2. The molecule has 1 aliphatic heterocycles. The predicted octanol–water partition coefficient (Wildman–Crippen LogP) is -0.110. The third-order valence-corrected chi connectivity index (χ3v) is 4.36. The largest absolute Gasteiger partial charge is 0.497 e. The first-order valence-corrected chi connectivity index (χ1v) is 8.68. The van der Waals surface area contributed by atoms with Crippen LogP contribution >= 0.6 is 0 Å². The number of benzene rings is 1. The fourth-order valence-corrected chi connectivity index (χ4v) is 2.72. The van der Waals surface area contributed by atoms with Gasteiger partial charge in [0.25, 0.3) is 5.91 Å². The maximum Gasteiger partial charge on any atom is 0.335 e. The normalized spacial score (nSPS) is 17.9. The Morgan fingerprint density at radius 1 is 1.27 bits per heavy atom. The van der Waals surface area contributed by atoms with Gasteiger partial charge in [0.05, 0.1) is 39.0 Å². The molecule has 4 amide bonds. The van der Waals surface area contributed by atoms with Crippen molar-refractivity contribution in [2.45, 2.75) is 13.8 Å². The molecule has 26 heavy (non-hydrogen) atoms. The number of amides is 4. The van der Waals surface area contributed by atoms with Crippen molar-refractivity contribution in [2.75, 3.05) is 38.2 Å². The van der Waals surface area contributed by atoms with Gasteiger partial charge in [-0.25, -0.2) is 9.69 Å². The SMILES string of the molecule is CC[NH+](CC)CCN=CC1C(=O)NC(=O)N(c2cccc(OC)c2)C1=O. The number of rotatable bonds is 8. The van der Waals surface area contributed by atoms with Crippen LogP contribution in [0.1, 0.15) is 13.8 Å². The van der Waals surface area contributed by atoms with E-state index in [1.807, 2.05) is 0 Å². The predicted molar refractivity (Wildman–Crippen MR) is 97.8 cm³/mol. The lowest BCUT2D eigenvalue weighted by atomic mass is 10.1. The fourth-order valence-electron chi connectivity index (χ4n) is 2.72. The van der Waals surface area contributed by atoms with Gasteiger partial charge in [-0.05, 0) is 26.0 Å². The smallest absolute Gasteiger partial charge is 0.335 e. The van der Waals surface area contributed by atoms with Crippen LogP contribution in [-0.2, 0) is 9.59 Å². The molecule has 1 unspecified atom stereocenters. The number of nitrogens with one attached hydrogen (secondary N) is 2. The van der Waals surface area contributed by atoms with Crippen LogP contribution < -0.4 is 19.9 Å². The fraction of sp³-hybridized carbons (Fsp3) is 0.444. The lowest BCUT2D eigenvalue weighted by Crippen LogP contribution is -3.11. The van der Waals surface area contributed by atoms with E-state index in [4.69, 9.17) is 4.74 Å². The minimum Gasteiger partial charge on any atom is -0.497 e. The van der Waals surface area contributed by atoms with Gasteiger partial charge in [-0.2, -0.15) is 0 Å². The molecule has 8 heteroatoms. The maximum absolute atomic E-state index is 12.7. The Balaban J connectivity index is 2.13. The average Bonchev–Trinajstić information content (AvgIpc) is 2.64. The van der Waals surface area contributed by atoms with Crippen molar-refractivity contribution in [3.63, 3.8) is 0 Å². The van der Waals surface area contributed by atoms with Gasteiger partial charge in [0, 0.05) is 12.3 Å². The number of aliphatic imine (C=N–C) groups is 1. The van der Waals surface area contributed by atoms with E-state index in [0.717, 1.165) is 24.5 Å². The number of carbonyl (C=O) groups excluding carboxylic acids is 3. The summed E-state index contributed by atoms with van der Waals surface area (Å²) in [7, 11) is 1.49. The maximum atomic E-state index is 12.7. The molecule has 0 radical (unpaired) electrons. The van der Waals surface area contributed by atoms with E-state index in [9.17, 15) is 14.4 Å². The topological polar surface area (TPSA) is 92.5 Å². The standard InChI is InChI=1S/C18H24N4O4/c1-4-21(5-2)10-9-19-12-15-16(23)20-18(25)22(17(15)24)13-7-6-8-14(11-13)26-3/h6-8,11-12,15H,4-5,9-10H2,1-3H3,(H,20,23,25)/p+1. The minimum absolute atomic E-state index is 0.338. The minimum atomic E-state index is -1.12. The quantitative estimate of drug-likeness (QED) is 0.499. The molecular weight excluding hydrogens is 336 g/mol. The third kappa shape index (κ3) is 4.45. The molecule has 1 atom stereocenters. The number of hydrogen-bond acceptors (Lipinski definition) is 5. The summed E-state index contributed by atoms with van der Waals surface area (Å²) in [6.45, 7) is 7.52. The monoisotopic (exact) mass is 361 g/mol. The van der Waals surface area contributed by atoms with Crippen molar-refractivity contribution in [3.8, 4) is 5.75 Å². The van der Waals surface area contributed by atoms with Crippen molar-refractivity contribution in [2.24, 2.45) is 10.9 Å². The van der Waals surface area contributed by atoms with Crippen LogP contribution in [0.4, 0.5) is 10.5 Å². The number of imide groups is 2. The van der Waals surface area contributed by atoms with E-state index in [2.05, 4.69) is 24.2 Å². The van der Waals surface area contributed by atoms with Crippen molar-refractivity contribution >= 4 is 29.7 Å². The summed E-state index contributed by atoms with van der Waals surface area (Å²) < 4.78 is 5.12. The summed E-state index contributed by atoms with van der Waals surface area (Å²) in [6, 6.07) is 5.76. The second-order valence-electron chi connectivity index (χ2n) is 5.91. The lowest BCUT2D eigenvalue weighted by molar-refractivity contribution is -0.894. The summed E-state index contributed by atoms with van der Waals surface area (Å²) >= 11 is 0. The highest BCUT2D eigenvalue weighted by atomic mass is 16.5. The zero-order valence-electron chi connectivity index (χ0n) is 15.3. The van der Waals surface area contributed by atoms with Gasteiger partial charge in [0.1, 0.15) is 5.75 Å². The van der Waals surface area contributed by atoms with Crippen molar-refractivity contribution in [1.29, 1.82) is 0 Å². The molecule has 2 rings (SSSR count). The summed E-state index contributed by atoms with van der Waals surface area (Å²) in [5.74, 6) is -1.89. The molecule has 140 valence electrons. The molecule has 0 spiro atoms. The molecule has 0 saturated carbocycles. The molecule has 0 aliphatic carbocycles. The highest BCUT2D eigenvalue weighted by Gasteiger charge is 2.40. The van der Waals surface area contributed by atoms with Crippen LogP contribution in [0.25, 0.3) is 0 Å². The molecule has 1 heterocycles. The van der Waals surface area contributed by atoms with Gasteiger partial charge in [0.15, 0.2) is 5.92 Å². The molecular formula is C18H25N4O4+. The average molecular weight is 361 g/mol. The summed E-state index contributed by atoms with van der Waals surface area (Å²) in [4.78, 5) is 43.4. The second-order valence-corrected chi connectivity index (χ2v) is 5.91. The zero-order chi connectivity index (χ0) is 19.1. The summed E-state index contributed by atoms with van der Waals surface area (Å²) in [5.41, 5.74) is 0.338. The Morgan fingerprint density at radius 3 is 2.65 bits per heavy atom. The van der Waals surface area contributed by atoms with Crippen molar-refractivity contribution < 1.29 is 24.0 Å². The van der Waals surface area contributed by atoms with Gasteiger partial charge >= 0.3 is 6.03 Å². The number of anilines is 1. The molecule has 1 aromatic carbocycles. The summed E-state index contributed by atoms with van der Waals surface area (Å²) in [5, 5.41) is 2.21. The number of likely N-dealkylation sites (N-methyl/N-ethyl adjacent to an activating group) is 1. The highest BCUT2D eigenvalue weighted by Crippen LogP contribution is 2.24. The van der Waals surface area contributed by atoms with Crippen molar-refractivity contribution in [3.05, 3.63) is 24.3 Å². The molecule has 2 N–H and O–H groups in total. The Labute approximate surface area is 152 Å². The van der Waals surface area contributed by atoms with Crippen LogP contribution in [-0.4, -0.2) is 57.3 Å². The van der Waals surface area contributed by atoms with E-state index in [1.54, 1.807) is 24.3 Å². The Hall–Kier alpha value is -2.74. The molecule has 1 aliphatic rings. The molecule has 1 fully saturated rings. The highest BCUT2D eigenvalue weighted by molar-refractivity contribution is 6.32. The number of hydrogen-bond donors (Lipinski definition) is 2. The van der Waals surface area contributed by atoms with Gasteiger partial charge < -0.3 is 9.64 Å². The van der Waals surface area contributed by atoms with Gasteiger partial charge in [0.2, 0.25) is 5.91 Å². The van der Waals surface area contributed by atoms with E-state index in [0.29, 0.717) is 18.0 Å². The number of ether oxygens (including phenoxy) is 1. The van der Waals surface area contributed by atoms with E-state index in [-0.39, 0.29) is 0 Å².